The summed E-state index contributed by atoms with van der Waals surface area (Å²) in [7, 11) is 1.71. The number of hydrogen-bond acceptors (Lipinski definition) is 3. The van der Waals surface area contributed by atoms with Crippen molar-refractivity contribution < 1.29 is 22.7 Å². The first-order valence-corrected chi connectivity index (χ1v) is 7.05. The van der Waals surface area contributed by atoms with E-state index >= 15 is 0 Å². The predicted molar refractivity (Wildman–Crippen MR) is 74.9 cm³/mol. The lowest BCUT2D eigenvalue weighted by molar-refractivity contribution is -0.137. The van der Waals surface area contributed by atoms with Gasteiger partial charge in [-0.05, 0) is 41.2 Å². The molecule has 0 spiro atoms. The minimum absolute atomic E-state index is 0.0941. The molecule has 2 rings (SSSR count). The van der Waals surface area contributed by atoms with Gasteiger partial charge in [0, 0.05) is 10.5 Å². The molecule has 0 aliphatic carbocycles. The molecule has 0 aromatic heterocycles. The Kier molecular flexibility index (Phi) is 4.90. The molecular weight excluding hydrogens is 353 g/mol. The van der Waals surface area contributed by atoms with E-state index in [2.05, 4.69) is 26.6 Å². The zero-order valence-corrected chi connectivity index (χ0v) is 12.7. The summed E-state index contributed by atoms with van der Waals surface area (Å²) >= 11 is 3.14. The summed E-state index contributed by atoms with van der Waals surface area (Å²) in [6, 6.07) is 2.98. The van der Waals surface area contributed by atoms with Crippen molar-refractivity contribution in [3.8, 4) is 0 Å². The summed E-state index contributed by atoms with van der Waals surface area (Å²) in [6.45, 7) is 0.645. The van der Waals surface area contributed by atoms with Crippen molar-refractivity contribution in [2.45, 2.75) is 12.2 Å². The first-order valence-electron chi connectivity index (χ1n) is 6.25. The van der Waals surface area contributed by atoms with Crippen molar-refractivity contribution in [2.75, 3.05) is 25.6 Å². The number of benzene rings is 1. The van der Waals surface area contributed by atoms with Crippen molar-refractivity contribution in [2.24, 2.45) is 5.92 Å². The Balaban J connectivity index is 2.17. The number of amides is 1. The number of anilines is 1. The van der Waals surface area contributed by atoms with Gasteiger partial charge >= 0.3 is 6.18 Å². The van der Waals surface area contributed by atoms with Gasteiger partial charge in [0.25, 0.3) is 0 Å². The molecule has 2 unspecified atom stereocenters. The van der Waals surface area contributed by atoms with E-state index < -0.39 is 17.7 Å². The first-order chi connectivity index (χ1) is 9.82. The van der Waals surface area contributed by atoms with Crippen LogP contribution in [-0.2, 0) is 15.7 Å². The zero-order valence-electron chi connectivity index (χ0n) is 11.1. The second-order valence-electron chi connectivity index (χ2n) is 4.72. The van der Waals surface area contributed by atoms with Crippen molar-refractivity contribution in [1.29, 1.82) is 0 Å². The molecule has 1 heterocycles. The summed E-state index contributed by atoms with van der Waals surface area (Å²) in [5, 5.41) is 5.48. The Morgan fingerprint density at radius 3 is 2.71 bits per heavy atom. The van der Waals surface area contributed by atoms with Crippen LogP contribution in [0.1, 0.15) is 5.56 Å². The number of carbonyl (C=O) groups excluding carboxylic acids is 1. The van der Waals surface area contributed by atoms with E-state index in [0.29, 0.717) is 11.1 Å². The lowest BCUT2D eigenvalue weighted by Crippen LogP contribution is -2.39. The van der Waals surface area contributed by atoms with E-state index in [1.54, 1.807) is 7.05 Å². The molecule has 1 aliphatic heterocycles. The Hall–Kier alpha value is -1.12. The number of likely N-dealkylation sites (N-methyl/N-ethyl adjacent to an activating group) is 1. The molecular formula is C13H14BrF3N2O2. The van der Waals surface area contributed by atoms with Gasteiger partial charge in [-0.2, -0.15) is 13.2 Å². The van der Waals surface area contributed by atoms with Gasteiger partial charge in [0.2, 0.25) is 5.91 Å². The second kappa shape index (κ2) is 6.33. The number of nitrogens with one attached hydrogen (secondary N) is 2. The molecule has 2 atom stereocenters. The minimum atomic E-state index is -4.45. The van der Waals surface area contributed by atoms with Crippen LogP contribution in [0.2, 0.25) is 0 Å². The molecule has 1 saturated heterocycles. The van der Waals surface area contributed by atoms with Gasteiger partial charge in [0.05, 0.1) is 30.4 Å². The predicted octanol–water partition coefficient (Wildman–Crippen LogP) is 2.64. The van der Waals surface area contributed by atoms with Crippen LogP contribution >= 0.6 is 15.9 Å². The molecule has 2 N–H and O–H groups in total. The Morgan fingerprint density at radius 1 is 1.38 bits per heavy atom. The number of alkyl halides is 3. The summed E-state index contributed by atoms with van der Waals surface area (Å²) < 4.78 is 43.7. The summed E-state index contributed by atoms with van der Waals surface area (Å²) in [5.74, 6) is -0.802. The Morgan fingerprint density at radius 2 is 2.10 bits per heavy atom. The Labute approximate surface area is 128 Å². The molecule has 1 fully saturated rings. The molecule has 21 heavy (non-hydrogen) atoms. The van der Waals surface area contributed by atoms with Gasteiger partial charge in [0.15, 0.2) is 0 Å². The third-order valence-corrected chi connectivity index (χ3v) is 4.03. The van der Waals surface area contributed by atoms with Crippen LogP contribution in [0.25, 0.3) is 0 Å². The van der Waals surface area contributed by atoms with E-state index in [-0.39, 0.29) is 24.2 Å². The van der Waals surface area contributed by atoms with Crippen LogP contribution in [-0.4, -0.2) is 32.2 Å². The lowest BCUT2D eigenvalue weighted by atomic mass is 10.0. The highest BCUT2D eigenvalue weighted by Crippen LogP contribution is 2.34. The smallest absolute Gasteiger partial charge is 0.379 e. The fourth-order valence-corrected chi connectivity index (χ4v) is 2.47. The SMILES string of the molecule is CNC1COCC1C(=O)Nc1cc(C(F)(F)F)ccc1Br. The van der Waals surface area contributed by atoms with E-state index in [1.807, 2.05) is 0 Å². The molecule has 1 aromatic carbocycles. The molecule has 4 nitrogen and oxygen atoms in total. The molecule has 0 saturated carbocycles. The topological polar surface area (TPSA) is 50.4 Å². The highest BCUT2D eigenvalue weighted by molar-refractivity contribution is 9.10. The van der Waals surface area contributed by atoms with Crippen LogP contribution in [0.15, 0.2) is 22.7 Å². The lowest BCUT2D eigenvalue weighted by Gasteiger charge is -2.17. The highest BCUT2D eigenvalue weighted by atomic mass is 79.9. The average molecular weight is 367 g/mol. The van der Waals surface area contributed by atoms with Gasteiger partial charge in [-0.15, -0.1) is 0 Å². The maximum atomic E-state index is 12.7. The second-order valence-corrected chi connectivity index (χ2v) is 5.58. The molecule has 0 bridgehead atoms. The quantitative estimate of drug-likeness (QED) is 0.864. The van der Waals surface area contributed by atoms with Gasteiger partial charge in [-0.25, -0.2) is 0 Å². The van der Waals surface area contributed by atoms with E-state index in [4.69, 9.17) is 4.74 Å². The number of ether oxygens (including phenoxy) is 1. The monoisotopic (exact) mass is 366 g/mol. The van der Waals surface area contributed by atoms with E-state index in [0.717, 1.165) is 12.1 Å². The summed E-state index contributed by atoms with van der Waals surface area (Å²) in [5.41, 5.74) is -0.717. The number of hydrogen-bond donors (Lipinski definition) is 2. The first kappa shape index (κ1) is 16.3. The van der Waals surface area contributed by atoms with Crippen molar-refractivity contribution >= 4 is 27.5 Å². The van der Waals surface area contributed by atoms with E-state index in [9.17, 15) is 18.0 Å². The van der Waals surface area contributed by atoms with Crippen molar-refractivity contribution in [1.82, 2.24) is 5.32 Å². The molecule has 1 amide bonds. The Bertz CT molecular complexity index is 537. The van der Waals surface area contributed by atoms with Gasteiger partial charge in [-0.3, -0.25) is 4.79 Å². The number of carbonyl (C=O) groups is 1. The van der Waals surface area contributed by atoms with Crippen LogP contribution < -0.4 is 10.6 Å². The van der Waals surface area contributed by atoms with Crippen molar-refractivity contribution in [3.63, 3.8) is 0 Å². The maximum Gasteiger partial charge on any atom is 0.416 e. The molecule has 1 aromatic rings. The van der Waals surface area contributed by atoms with Crippen LogP contribution in [0.5, 0.6) is 0 Å². The molecule has 116 valence electrons. The fourth-order valence-electron chi connectivity index (χ4n) is 2.12. The van der Waals surface area contributed by atoms with Crippen LogP contribution in [0.3, 0.4) is 0 Å². The van der Waals surface area contributed by atoms with Gasteiger partial charge < -0.3 is 15.4 Å². The number of halogens is 4. The van der Waals surface area contributed by atoms with E-state index in [1.165, 1.54) is 6.07 Å². The minimum Gasteiger partial charge on any atom is -0.379 e. The highest BCUT2D eigenvalue weighted by Gasteiger charge is 2.34. The van der Waals surface area contributed by atoms with Crippen LogP contribution in [0, 0.1) is 5.92 Å². The third kappa shape index (κ3) is 3.75. The summed E-state index contributed by atoms with van der Waals surface area (Å²) in [4.78, 5) is 12.2. The van der Waals surface area contributed by atoms with Crippen LogP contribution in [0.4, 0.5) is 18.9 Å². The number of rotatable bonds is 3. The van der Waals surface area contributed by atoms with Gasteiger partial charge in [0.1, 0.15) is 0 Å². The summed E-state index contributed by atoms with van der Waals surface area (Å²) in [6.07, 6.45) is -4.45. The largest absolute Gasteiger partial charge is 0.416 e. The molecule has 8 heteroatoms. The standard InChI is InChI=1S/C13H14BrF3N2O2/c1-18-11-6-21-5-8(11)12(20)19-10-4-7(13(15,16)17)2-3-9(10)14/h2-4,8,11,18H,5-6H2,1H3,(H,19,20). The third-order valence-electron chi connectivity index (χ3n) is 3.34. The van der Waals surface area contributed by atoms with Gasteiger partial charge in [-0.1, -0.05) is 0 Å². The zero-order chi connectivity index (χ0) is 15.6. The normalized spacial score (nSPS) is 22.3. The molecule has 0 radical (unpaired) electrons. The average Bonchev–Trinajstić information content (AvgIpc) is 2.88. The fraction of sp³-hybridized carbons (Fsp3) is 0.462. The van der Waals surface area contributed by atoms with Crippen molar-refractivity contribution in [3.05, 3.63) is 28.2 Å². The molecule has 1 aliphatic rings. The maximum absolute atomic E-state index is 12.7.